The van der Waals surface area contributed by atoms with Crippen molar-refractivity contribution in [3.63, 3.8) is 0 Å². The maximum Gasteiger partial charge on any atom is 0.258 e. The molecule has 1 amide bonds. The largest absolute Gasteiger partial charge is 0.493 e. The van der Waals surface area contributed by atoms with Crippen molar-refractivity contribution in [1.29, 1.82) is 0 Å². The van der Waals surface area contributed by atoms with Gasteiger partial charge in [-0.3, -0.25) is 4.79 Å². The molecule has 0 saturated carbocycles. The zero-order chi connectivity index (χ0) is 21.1. The molecule has 0 radical (unpaired) electrons. The first-order valence-corrected chi connectivity index (χ1v) is 10.5. The number of fused-ring (bicyclic) bond motifs is 1. The number of benzene rings is 3. The van der Waals surface area contributed by atoms with Crippen molar-refractivity contribution >= 4 is 33.6 Å². The minimum atomic E-state index is 0.0318. The average molecular weight is 464 g/mol. The van der Waals surface area contributed by atoms with Crippen molar-refractivity contribution in [3.05, 3.63) is 93.5 Å². The molecule has 0 fully saturated rings. The molecule has 0 aliphatic carbocycles. The lowest BCUT2D eigenvalue weighted by Gasteiger charge is -2.20. The van der Waals surface area contributed by atoms with Crippen LogP contribution in [0.15, 0.2) is 71.2 Å². The number of carbonyl (C=O) groups excluding carboxylic acids is 1. The summed E-state index contributed by atoms with van der Waals surface area (Å²) >= 11 is 3.62. The highest BCUT2D eigenvalue weighted by Gasteiger charge is 2.31. The van der Waals surface area contributed by atoms with Crippen LogP contribution in [0.25, 0.3) is 11.8 Å². The molecule has 3 aromatic rings. The second-order valence-electron chi connectivity index (χ2n) is 6.99. The normalized spacial score (nSPS) is 14.2. The molecule has 1 aliphatic rings. The van der Waals surface area contributed by atoms with E-state index in [1.165, 1.54) is 0 Å². The van der Waals surface area contributed by atoms with E-state index in [0.717, 1.165) is 32.4 Å². The molecular weight excluding hydrogens is 442 g/mol. The molecule has 0 atom stereocenters. The molecule has 4 nitrogen and oxygen atoms in total. The molecule has 3 aromatic carbocycles. The van der Waals surface area contributed by atoms with Gasteiger partial charge in [0.25, 0.3) is 5.91 Å². The van der Waals surface area contributed by atoms with E-state index in [0.29, 0.717) is 24.5 Å². The summed E-state index contributed by atoms with van der Waals surface area (Å²) in [5, 5.41) is 0. The molecule has 1 heterocycles. The van der Waals surface area contributed by atoms with Crippen molar-refractivity contribution in [1.82, 2.24) is 4.90 Å². The van der Waals surface area contributed by atoms with E-state index in [1.54, 1.807) is 14.2 Å². The van der Waals surface area contributed by atoms with Gasteiger partial charge in [0.15, 0.2) is 11.5 Å². The van der Waals surface area contributed by atoms with Crippen LogP contribution >= 0.6 is 15.9 Å². The molecule has 0 bridgehead atoms. The molecule has 0 unspecified atom stereocenters. The molecule has 0 saturated heterocycles. The fourth-order valence-electron chi connectivity index (χ4n) is 3.70. The van der Waals surface area contributed by atoms with Gasteiger partial charge in [0.05, 0.1) is 19.9 Å². The van der Waals surface area contributed by atoms with Crippen molar-refractivity contribution in [2.75, 3.05) is 20.8 Å². The number of halogens is 1. The Morgan fingerprint density at radius 1 is 0.900 bits per heavy atom. The number of ether oxygens (including phenoxy) is 2. The van der Waals surface area contributed by atoms with E-state index in [2.05, 4.69) is 22.0 Å². The van der Waals surface area contributed by atoms with E-state index >= 15 is 0 Å². The third kappa shape index (κ3) is 3.85. The van der Waals surface area contributed by atoms with Crippen molar-refractivity contribution in [2.45, 2.75) is 6.42 Å². The Balaban J connectivity index is 1.66. The van der Waals surface area contributed by atoms with Crippen LogP contribution in [0.4, 0.5) is 0 Å². The van der Waals surface area contributed by atoms with Gasteiger partial charge in [-0.25, -0.2) is 0 Å². The standard InChI is InChI=1S/C25H22BrNO3/c1-29-23-15-18(21(26)16-24(23)30-2)12-13-27-22(14-17-8-4-3-5-9-17)19-10-6-7-11-20(19)25(27)28/h3-11,14-16H,12-13H2,1-2H3/b22-14+. The molecular formula is C25H22BrNO3. The molecule has 30 heavy (non-hydrogen) atoms. The van der Waals surface area contributed by atoms with Crippen LogP contribution in [-0.2, 0) is 6.42 Å². The van der Waals surface area contributed by atoms with E-state index in [4.69, 9.17) is 9.47 Å². The number of hydrogen-bond acceptors (Lipinski definition) is 3. The molecule has 0 N–H and O–H groups in total. The minimum Gasteiger partial charge on any atom is -0.493 e. The van der Waals surface area contributed by atoms with Gasteiger partial charge in [0.1, 0.15) is 0 Å². The lowest BCUT2D eigenvalue weighted by atomic mass is 10.1. The Labute approximate surface area is 184 Å². The van der Waals surface area contributed by atoms with Gasteiger partial charge >= 0.3 is 0 Å². The van der Waals surface area contributed by atoms with Gasteiger partial charge in [-0.2, -0.15) is 0 Å². The predicted octanol–water partition coefficient (Wildman–Crippen LogP) is 5.66. The van der Waals surface area contributed by atoms with Gasteiger partial charge in [-0.15, -0.1) is 0 Å². The third-order valence-electron chi connectivity index (χ3n) is 5.23. The van der Waals surface area contributed by atoms with Crippen LogP contribution < -0.4 is 9.47 Å². The van der Waals surface area contributed by atoms with Crippen LogP contribution in [0, 0.1) is 0 Å². The number of methoxy groups -OCH3 is 2. The predicted molar refractivity (Wildman–Crippen MR) is 123 cm³/mol. The van der Waals surface area contributed by atoms with Crippen LogP contribution in [0.2, 0.25) is 0 Å². The van der Waals surface area contributed by atoms with Gasteiger partial charge in [-0.05, 0) is 41.8 Å². The van der Waals surface area contributed by atoms with E-state index < -0.39 is 0 Å². The smallest absolute Gasteiger partial charge is 0.258 e. The Hall–Kier alpha value is -3.05. The van der Waals surface area contributed by atoms with E-state index in [-0.39, 0.29) is 5.91 Å². The van der Waals surface area contributed by atoms with Gasteiger partial charge in [-0.1, -0.05) is 64.5 Å². The van der Waals surface area contributed by atoms with Crippen LogP contribution in [0.1, 0.15) is 27.0 Å². The molecule has 4 rings (SSSR count). The van der Waals surface area contributed by atoms with Crippen molar-refractivity contribution < 1.29 is 14.3 Å². The summed E-state index contributed by atoms with van der Waals surface area (Å²) in [6.07, 6.45) is 2.75. The van der Waals surface area contributed by atoms with Crippen molar-refractivity contribution in [2.24, 2.45) is 0 Å². The molecule has 152 valence electrons. The van der Waals surface area contributed by atoms with Gasteiger partial charge < -0.3 is 14.4 Å². The van der Waals surface area contributed by atoms with Crippen LogP contribution in [0.3, 0.4) is 0 Å². The average Bonchev–Trinajstić information content (AvgIpc) is 3.04. The highest BCUT2D eigenvalue weighted by Crippen LogP contribution is 2.36. The summed E-state index contributed by atoms with van der Waals surface area (Å²) in [4.78, 5) is 15.0. The molecule has 1 aliphatic heterocycles. The first-order valence-electron chi connectivity index (χ1n) is 9.70. The molecule has 0 aromatic heterocycles. The first kappa shape index (κ1) is 20.2. The number of amides is 1. The van der Waals surface area contributed by atoms with E-state index in [1.807, 2.05) is 71.6 Å². The second-order valence-corrected chi connectivity index (χ2v) is 7.85. The number of carbonyl (C=O) groups is 1. The van der Waals surface area contributed by atoms with Gasteiger partial charge in [0.2, 0.25) is 0 Å². The lowest BCUT2D eigenvalue weighted by Crippen LogP contribution is -2.25. The molecule has 0 spiro atoms. The number of nitrogens with zero attached hydrogens (tertiary/aromatic N) is 1. The third-order valence-corrected chi connectivity index (χ3v) is 5.97. The first-order chi connectivity index (χ1) is 14.6. The Morgan fingerprint density at radius 2 is 1.53 bits per heavy atom. The number of rotatable bonds is 6. The highest BCUT2D eigenvalue weighted by atomic mass is 79.9. The van der Waals surface area contributed by atoms with E-state index in [9.17, 15) is 4.79 Å². The van der Waals surface area contributed by atoms with Gasteiger partial charge in [0, 0.05) is 22.1 Å². The minimum absolute atomic E-state index is 0.0318. The second kappa shape index (κ2) is 8.76. The Kier molecular flexibility index (Phi) is 5.91. The maximum absolute atomic E-state index is 13.2. The Bertz CT molecular complexity index is 1110. The van der Waals surface area contributed by atoms with Crippen LogP contribution in [0.5, 0.6) is 11.5 Å². The summed E-state index contributed by atoms with van der Waals surface area (Å²) < 4.78 is 11.7. The summed E-state index contributed by atoms with van der Waals surface area (Å²) in [6.45, 7) is 0.556. The summed E-state index contributed by atoms with van der Waals surface area (Å²) in [6, 6.07) is 21.7. The quantitative estimate of drug-likeness (QED) is 0.473. The zero-order valence-electron chi connectivity index (χ0n) is 16.9. The lowest BCUT2D eigenvalue weighted by molar-refractivity contribution is 0.0852. The zero-order valence-corrected chi connectivity index (χ0v) is 18.5. The maximum atomic E-state index is 13.2. The highest BCUT2D eigenvalue weighted by molar-refractivity contribution is 9.10. The molecule has 5 heteroatoms. The van der Waals surface area contributed by atoms with Crippen molar-refractivity contribution in [3.8, 4) is 11.5 Å². The fraction of sp³-hybridized carbons (Fsp3) is 0.160. The monoisotopic (exact) mass is 463 g/mol. The number of hydrogen-bond donors (Lipinski definition) is 0. The SMILES string of the molecule is COc1cc(Br)c(CCN2C(=O)c3ccccc3/C2=C\c2ccccc2)cc1OC. The summed E-state index contributed by atoms with van der Waals surface area (Å²) in [5.41, 5.74) is 4.76. The summed E-state index contributed by atoms with van der Waals surface area (Å²) in [7, 11) is 3.24. The fourth-order valence-corrected chi connectivity index (χ4v) is 4.22. The Morgan fingerprint density at radius 3 is 2.23 bits per heavy atom. The summed E-state index contributed by atoms with van der Waals surface area (Å²) in [5.74, 6) is 1.37. The topological polar surface area (TPSA) is 38.8 Å². The van der Waals surface area contributed by atoms with Crippen LogP contribution in [-0.4, -0.2) is 31.6 Å².